The molecule has 3 heterocycles. The largest absolute Gasteiger partial charge is 0.382 e. The molecule has 0 fully saturated rings. The molecule has 5 aromatic rings. The maximum Gasteiger partial charge on any atom is 0.255 e. The Labute approximate surface area is 227 Å². The van der Waals surface area contributed by atoms with Crippen molar-refractivity contribution in [3.05, 3.63) is 103 Å². The highest BCUT2D eigenvalue weighted by Crippen LogP contribution is 2.24. The number of pyridine rings is 1. The average Bonchev–Trinajstić information content (AvgIpc) is 3.42. The minimum absolute atomic E-state index is 0.165. The van der Waals surface area contributed by atoms with E-state index in [-0.39, 0.29) is 5.91 Å². The molecule has 0 spiro atoms. The Morgan fingerprint density at radius 2 is 1.67 bits per heavy atom. The number of likely N-dealkylation sites (N-methyl/N-ethyl adjacent to an activating group) is 1. The highest BCUT2D eigenvalue weighted by Gasteiger charge is 2.08. The number of amides is 1. The van der Waals surface area contributed by atoms with E-state index in [1.54, 1.807) is 6.20 Å². The van der Waals surface area contributed by atoms with E-state index in [0.717, 1.165) is 46.8 Å². The van der Waals surface area contributed by atoms with Gasteiger partial charge in [0, 0.05) is 65.1 Å². The van der Waals surface area contributed by atoms with Crippen molar-refractivity contribution in [3.63, 3.8) is 0 Å². The molecule has 0 atom stereocenters. The van der Waals surface area contributed by atoms with Crippen LogP contribution in [0, 0.1) is 0 Å². The molecule has 5 rings (SSSR count). The summed E-state index contributed by atoms with van der Waals surface area (Å²) in [5.74, 6) is 0.495. The van der Waals surface area contributed by atoms with Gasteiger partial charge in [-0.05, 0) is 74.8 Å². The van der Waals surface area contributed by atoms with Crippen LogP contribution in [-0.2, 0) is 0 Å². The first-order valence-corrected chi connectivity index (χ1v) is 12.6. The summed E-state index contributed by atoms with van der Waals surface area (Å²) in [6.45, 7) is 1.64. The van der Waals surface area contributed by atoms with Gasteiger partial charge in [0.2, 0.25) is 0 Å². The number of anilines is 4. The first-order chi connectivity index (χ1) is 19.0. The van der Waals surface area contributed by atoms with Gasteiger partial charge in [-0.2, -0.15) is 0 Å². The smallest absolute Gasteiger partial charge is 0.255 e. The van der Waals surface area contributed by atoms with Gasteiger partial charge in [0.05, 0.1) is 5.69 Å². The van der Waals surface area contributed by atoms with Crippen molar-refractivity contribution in [1.82, 2.24) is 24.8 Å². The number of carbonyl (C=O) groups excluding carboxylic acids is 1. The molecule has 39 heavy (non-hydrogen) atoms. The summed E-state index contributed by atoms with van der Waals surface area (Å²) in [6, 6.07) is 20.8. The molecule has 4 N–H and O–H groups in total. The number of H-pyrrole nitrogens is 1. The number of rotatable bonds is 10. The lowest BCUT2D eigenvalue weighted by Crippen LogP contribution is -2.12. The van der Waals surface area contributed by atoms with Crippen LogP contribution in [0.1, 0.15) is 10.4 Å². The maximum atomic E-state index is 12.7. The second-order valence-electron chi connectivity index (χ2n) is 9.28. The van der Waals surface area contributed by atoms with Gasteiger partial charge in [-0.3, -0.25) is 4.79 Å². The van der Waals surface area contributed by atoms with Crippen LogP contribution in [-0.4, -0.2) is 57.9 Å². The lowest BCUT2D eigenvalue weighted by atomic mass is 10.1. The van der Waals surface area contributed by atoms with Crippen LogP contribution in [0.3, 0.4) is 0 Å². The van der Waals surface area contributed by atoms with Crippen molar-refractivity contribution in [3.8, 4) is 11.3 Å². The number of hydrogen-bond donors (Lipinski definition) is 4. The molecule has 0 aliphatic rings. The van der Waals surface area contributed by atoms with Gasteiger partial charge in [-0.1, -0.05) is 12.2 Å². The summed E-state index contributed by atoms with van der Waals surface area (Å²) in [5.41, 5.74) is 5.62. The van der Waals surface area contributed by atoms with Gasteiger partial charge in [-0.15, -0.1) is 0 Å². The van der Waals surface area contributed by atoms with Crippen LogP contribution >= 0.6 is 0 Å². The van der Waals surface area contributed by atoms with E-state index < -0.39 is 0 Å². The molecule has 9 nitrogen and oxygen atoms in total. The summed E-state index contributed by atoms with van der Waals surface area (Å²) in [7, 11) is 4.07. The molecule has 2 aromatic carbocycles. The lowest BCUT2D eigenvalue weighted by Gasteiger charge is -2.10. The molecule has 0 aliphatic carbocycles. The van der Waals surface area contributed by atoms with E-state index in [1.807, 2.05) is 87.0 Å². The summed E-state index contributed by atoms with van der Waals surface area (Å²) < 4.78 is 0. The molecular formula is C30H30N8O. The monoisotopic (exact) mass is 518 g/mol. The van der Waals surface area contributed by atoms with Crippen LogP contribution in [0.15, 0.2) is 97.6 Å². The predicted molar refractivity (Wildman–Crippen MR) is 157 cm³/mol. The van der Waals surface area contributed by atoms with Crippen molar-refractivity contribution in [2.45, 2.75) is 0 Å². The van der Waals surface area contributed by atoms with E-state index >= 15 is 0 Å². The van der Waals surface area contributed by atoms with Crippen molar-refractivity contribution in [2.75, 3.05) is 43.1 Å². The first-order valence-electron chi connectivity index (χ1n) is 12.6. The summed E-state index contributed by atoms with van der Waals surface area (Å²) >= 11 is 0. The highest BCUT2D eigenvalue weighted by molar-refractivity contribution is 6.04. The number of nitrogens with one attached hydrogen (secondary N) is 4. The van der Waals surface area contributed by atoms with Crippen molar-refractivity contribution >= 4 is 39.8 Å². The number of fused-ring (bicyclic) bond motifs is 1. The van der Waals surface area contributed by atoms with Crippen LogP contribution in [0.2, 0.25) is 0 Å². The van der Waals surface area contributed by atoms with Crippen LogP contribution in [0.5, 0.6) is 0 Å². The first kappa shape index (κ1) is 25.6. The molecule has 0 saturated carbocycles. The molecule has 0 aliphatic heterocycles. The Morgan fingerprint density at radius 1 is 0.897 bits per heavy atom. The minimum Gasteiger partial charge on any atom is -0.382 e. The van der Waals surface area contributed by atoms with E-state index in [1.165, 1.54) is 6.33 Å². The molecule has 0 saturated heterocycles. The third kappa shape index (κ3) is 6.85. The van der Waals surface area contributed by atoms with E-state index in [9.17, 15) is 4.79 Å². The maximum absolute atomic E-state index is 12.7. The van der Waals surface area contributed by atoms with Gasteiger partial charge in [0.1, 0.15) is 17.8 Å². The second kappa shape index (κ2) is 12.0. The fourth-order valence-electron chi connectivity index (χ4n) is 3.94. The molecule has 0 radical (unpaired) electrons. The van der Waals surface area contributed by atoms with Crippen LogP contribution in [0.25, 0.3) is 22.3 Å². The third-order valence-electron chi connectivity index (χ3n) is 5.99. The van der Waals surface area contributed by atoms with Gasteiger partial charge in [0.25, 0.3) is 5.91 Å². The normalized spacial score (nSPS) is 11.3. The van der Waals surface area contributed by atoms with Crippen molar-refractivity contribution in [2.24, 2.45) is 0 Å². The second-order valence-corrected chi connectivity index (χ2v) is 9.28. The SMILES string of the molecule is CN(C)C/C=C/CNc1ccc(C(=O)Nc2ccc(Nc3cc(-c4cnc5[nH]ccc5c4)ncn3)cc2)cc1. The number of carbonyl (C=O) groups is 1. The molecular weight excluding hydrogens is 488 g/mol. The zero-order chi connectivity index (χ0) is 27.0. The Balaban J connectivity index is 1.16. The van der Waals surface area contributed by atoms with Crippen molar-refractivity contribution in [1.29, 1.82) is 0 Å². The molecule has 9 heteroatoms. The summed E-state index contributed by atoms with van der Waals surface area (Å²) in [6.07, 6.45) is 9.38. The fourth-order valence-corrected chi connectivity index (χ4v) is 3.94. The Hall–Kier alpha value is -5.02. The topological polar surface area (TPSA) is 111 Å². The van der Waals surface area contributed by atoms with E-state index in [4.69, 9.17) is 0 Å². The zero-order valence-electron chi connectivity index (χ0n) is 21.8. The van der Waals surface area contributed by atoms with E-state index in [0.29, 0.717) is 17.1 Å². The lowest BCUT2D eigenvalue weighted by molar-refractivity contribution is 0.102. The molecule has 0 bridgehead atoms. The number of benzene rings is 2. The van der Waals surface area contributed by atoms with Crippen LogP contribution in [0.4, 0.5) is 22.9 Å². The van der Waals surface area contributed by atoms with Crippen molar-refractivity contribution < 1.29 is 4.79 Å². The Bertz CT molecular complexity index is 1570. The molecule has 1 amide bonds. The number of aromatic nitrogens is 4. The molecule has 3 aromatic heterocycles. The standard InChI is InChI=1S/C30H30N8O/c1-38(2)16-4-3-14-31-24-7-5-21(6-8-24)30(39)37-26-11-9-25(10-12-26)36-28-18-27(34-20-35-28)23-17-22-13-15-32-29(22)33-19-23/h3-13,15,17-20,31H,14,16H2,1-2H3,(H,32,33)(H,37,39)(H,34,35,36)/b4-3+. The fraction of sp³-hybridized carbons (Fsp3) is 0.133. The Morgan fingerprint density at radius 3 is 2.46 bits per heavy atom. The number of aromatic amines is 1. The van der Waals surface area contributed by atoms with Gasteiger partial charge >= 0.3 is 0 Å². The summed E-state index contributed by atoms with van der Waals surface area (Å²) in [4.78, 5) is 31.1. The van der Waals surface area contributed by atoms with Gasteiger partial charge in [-0.25, -0.2) is 15.0 Å². The average molecular weight is 519 g/mol. The minimum atomic E-state index is -0.165. The van der Waals surface area contributed by atoms with Crippen LogP contribution < -0.4 is 16.0 Å². The molecule has 196 valence electrons. The highest BCUT2D eigenvalue weighted by atomic mass is 16.1. The zero-order valence-corrected chi connectivity index (χ0v) is 21.8. The van der Waals surface area contributed by atoms with Gasteiger partial charge in [0.15, 0.2) is 0 Å². The van der Waals surface area contributed by atoms with E-state index in [2.05, 4.69) is 52.9 Å². The third-order valence-corrected chi connectivity index (χ3v) is 5.99. The summed E-state index contributed by atoms with van der Waals surface area (Å²) in [5, 5.41) is 10.6. The van der Waals surface area contributed by atoms with Gasteiger partial charge < -0.3 is 25.8 Å². The Kier molecular flexibility index (Phi) is 7.89. The number of nitrogens with zero attached hydrogens (tertiary/aromatic N) is 4. The number of hydrogen-bond acceptors (Lipinski definition) is 7. The molecule has 0 unspecified atom stereocenters. The quantitative estimate of drug-likeness (QED) is 0.180. The predicted octanol–water partition coefficient (Wildman–Crippen LogP) is 5.55.